The smallest absolute Gasteiger partial charge is 0.343 e. The van der Waals surface area contributed by atoms with E-state index in [0.717, 1.165) is 0 Å². The van der Waals surface area contributed by atoms with Crippen LogP contribution < -0.4 is 15.0 Å². The van der Waals surface area contributed by atoms with Crippen LogP contribution in [0.4, 0.5) is 0 Å². The van der Waals surface area contributed by atoms with Gasteiger partial charge >= 0.3 is 5.97 Å². The first-order chi connectivity index (χ1) is 12.9. The first-order valence-electron chi connectivity index (χ1n) is 7.69. The van der Waals surface area contributed by atoms with E-state index in [0.29, 0.717) is 33.3 Å². The number of H-pyrrole nitrogens is 1. The fourth-order valence-electron chi connectivity index (χ4n) is 2.16. The van der Waals surface area contributed by atoms with Crippen LogP contribution in [0, 0.1) is 11.3 Å². The number of ether oxygens (including phenoxy) is 3. The van der Waals surface area contributed by atoms with Crippen molar-refractivity contribution >= 4 is 33.7 Å². The maximum Gasteiger partial charge on any atom is 0.343 e. The third-order valence-electron chi connectivity index (χ3n) is 3.35. The highest BCUT2D eigenvalue weighted by Gasteiger charge is 2.19. The first kappa shape index (κ1) is 20.8. The van der Waals surface area contributed by atoms with Crippen LogP contribution in [0.1, 0.15) is 12.5 Å². The summed E-state index contributed by atoms with van der Waals surface area (Å²) in [5.41, 5.74) is 0.0952. The molecule has 27 heavy (non-hydrogen) atoms. The van der Waals surface area contributed by atoms with Crippen molar-refractivity contribution in [2.75, 3.05) is 26.6 Å². The van der Waals surface area contributed by atoms with Gasteiger partial charge in [0.15, 0.2) is 23.3 Å². The molecular weight excluding hydrogens is 438 g/mol. The van der Waals surface area contributed by atoms with Crippen LogP contribution in [-0.2, 0) is 9.53 Å². The number of hydrogen-bond donors (Lipinski definition) is 1. The largest absolute Gasteiger partial charge is 0.490 e. The third kappa shape index (κ3) is 4.81. The monoisotopic (exact) mass is 453 g/mol. The Morgan fingerprint density at radius 1 is 1.41 bits per heavy atom. The summed E-state index contributed by atoms with van der Waals surface area (Å²) in [6.45, 7) is 1.84. The molecule has 0 aliphatic carbocycles. The van der Waals surface area contributed by atoms with Crippen LogP contribution >= 0.6 is 27.7 Å². The van der Waals surface area contributed by atoms with Crippen molar-refractivity contribution in [2.24, 2.45) is 0 Å². The number of methoxy groups -OCH3 is 1. The van der Waals surface area contributed by atoms with Gasteiger partial charge in [-0.05, 0) is 41.2 Å². The Morgan fingerprint density at radius 2 is 2.15 bits per heavy atom. The molecule has 0 saturated heterocycles. The normalized spacial score (nSPS) is 10.2. The van der Waals surface area contributed by atoms with E-state index >= 15 is 0 Å². The molecule has 0 unspecified atom stereocenters. The number of nitrogens with zero attached hydrogens (tertiary/aromatic N) is 2. The molecule has 0 spiro atoms. The molecule has 0 fully saturated rings. The van der Waals surface area contributed by atoms with E-state index < -0.39 is 11.5 Å². The molecule has 0 radical (unpaired) electrons. The number of nitrogens with one attached hydrogen (secondary N) is 1. The topological polar surface area (TPSA) is 114 Å². The van der Waals surface area contributed by atoms with Crippen LogP contribution in [0.2, 0.25) is 0 Å². The molecule has 0 saturated carbocycles. The lowest BCUT2D eigenvalue weighted by Crippen LogP contribution is -2.15. The van der Waals surface area contributed by atoms with Crippen molar-refractivity contribution in [2.45, 2.75) is 12.1 Å². The number of aromatic nitrogens is 2. The molecule has 2 rings (SSSR count). The molecule has 1 N–H and O–H groups in total. The highest BCUT2D eigenvalue weighted by molar-refractivity contribution is 9.10. The zero-order chi connectivity index (χ0) is 20.0. The van der Waals surface area contributed by atoms with E-state index in [2.05, 4.69) is 30.6 Å². The number of esters is 1. The summed E-state index contributed by atoms with van der Waals surface area (Å²) in [5.74, 6) is 0.1000. The van der Waals surface area contributed by atoms with Crippen molar-refractivity contribution < 1.29 is 19.0 Å². The molecule has 8 nitrogen and oxygen atoms in total. The second-order valence-corrected chi connectivity index (χ2v) is 6.64. The minimum absolute atomic E-state index is 0.106. The SMILES string of the molecule is CCOc1cc(-c2nc(SC)[nH]c(=O)c2C#N)cc(Br)c1OCC(=O)OC. The Bertz CT molecular complexity index is 955. The summed E-state index contributed by atoms with van der Waals surface area (Å²) in [6, 6.07) is 5.13. The summed E-state index contributed by atoms with van der Waals surface area (Å²) < 4.78 is 16.1. The van der Waals surface area contributed by atoms with Gasteiger partial charge in [0.1, 0.15) is 11.6 Å². The quantitative estimate of drug-likeness (QED) is 0.386. The highest BCUT2D eigenvalue weighted by atomic mass is 79.9. The molecule has 1 aromatic carbocycles. The van der Waals surface area contributed by atoms with Crippen LogP contribution in [0.5, 0.6) is 11.5 Å². The summed E-state index contributed by atoms with van der Waals surface area (Å²) in [5, 5.41) is 9.74. The van der Waals surface area contributed by atoms with Gasteiger partial charge in [0.25, 0.3) is 5.56 Å². The minimum atomic E-state index is -0.541. The summed E-state index contributed by atoms with van der Waals surface area (Å²) in [6.07, 6.45) is 1.76. The molecule has 10 heteroatoms. The predicted molar refractivity (Wildman–Crippen MR) is 103 cm³/mol. The van der Waals surface area contributed by atoms with Gasteiger partial charge in [-0.25, -0.2) is 9.78 Å². The fraction of sp³-hybridized carbons (Fsp3) is 0.294. The summed E-state index contributed by atoms with van der Waals surface area (Å²) in [7, 11) is 1.26. The minimum Gasteiger partial charge on any atom is -0.490 e. The van der Waals surface area contributed by atoms with Gasteiger partial charge in [-0.2, -0.15) is 5.26 Å². The number of carbonyl (C=O) groups excluding carboxylic acids is 1. The molecule has 2 aromatic rings. The van der Waals surface area contributed by atoms with E-state index in [1.807, 2.05) is 6.07 Å². The molecule has 1 heterocycles. The van der Waals surface area contributed by atoms with Crippen molar-refractivity contribution in [3.05, 3.63) is 32.5 Å². The molecular formula is C17H16BrN3O5S. The van der Waals surface area contributed by atoms with Gasteiger partial charge in [-0.1, -0.05) is 11.8 Å². The Labute approximate surface area is 168 Å². The van der Waals surface area contributed by atoms with Gasteiger partial charge in [0, 0.05) is 5.56 Å². The van der Waals surface area contributed by atoms with Crippen LogP contribution in [0.15, 0.2) is 26.6 Å². The first-order valence-corrected chi connectivity index (χ1v) is 9.71. The summed E-state index contributed by atoms with van der Waals surface area (Å²) in [4.78, 5) is 30.4. The van der Waals surface area contributed by atoms with Crippen molar-refractivity contribution in [3.63, 3.8) is 0 Å². The predicted octanol–water partition coefficient (Wildman–Crippen LogP) is 2.74. The lowest BCUT2D eigenvalue weighted by atomic mass is 10.1. The van der Waals surface area contributed by atoms with E-state index in [9.17, 15) is 14.9 Å². The number of aromatic amines is 1. The van der Waals surface area contributed by atoms with Crippen LogP contribution in [0.3, 0.4) is 0 Å². The average Bonchev–Trinajstić information content (AvgIpc) is 2.66. The lowest BCUT2D eigenvalue weighted by molar-refractivity contribution is -0.142. The summed E-state index contributed by atoms with van der Waals surface area (Å²) >= 11 is 4.63. The number of thioether (sulfide) groups is 1. The van der Waals surface area contributed by atoms with Gasteiger partial charge in [0.2, 0.25) is 0 Å². The molecule has 1 aromatic heterocycles. The van der Waals surface area contributed by atoms with E-state index in [1.54, 1.807) is 25.3 Å². The molecule has 0 bridgehead atoms. The highest BCUT2D eigenvalue weighted by Crippen LogP contribution is 2.40. The average molecular weight is 454 g/mol. The zero-order valence-corrected chi connectivity index (χ0v) is 17.2. The van der Waals surface area contributed by atoms with Gasteiger partial charge in [-0.3, -0.25) is 4.79 Å². The Hall–Kier alpha value is -2.51. The van der Waals surface area contributed by atoms with E-state index in [-0.39, 0.29) is 17.9 Å². The van der Waals surface area contributed by atoms with Crippen molar-refractivity contribution in [3.8, 4) is 28.8 Å². The Kier molecular flexibility index (Phi) is 7.27. The van der Waals surface area contributed by atoms with Gasteiger partial charge in [0.05, 0.1) is 23.9 Å². The van der Waals surface area contributed by atoms with Crippen molar-refractivity contribution in [1.82, 2.24) is 9.97 Å². The molecule has 142 valence electrons. The number of rotatable bonds is 7. The number of halogens is 1. The van der Waals surface area contributed by atoms with E-state index in [4.69, 9.17) is 9.47 Å². The second-order valence-electron chi connectivity index (χ2n) is 4.99. The van der Waals surface area contributed by atoms with E-state index in [1.165, 1.54) is 18.9 Å². The van der Waals surface area contributed by atoms with Crippen molar-refractivity contribution in [1.29, 1.82) is 5.26 Å². The zero-order valence-electron chi connectivity index (χ0n) is 14.8. The molecule has 0 aliphatic heterocycles. The van der Waals surface area contributed by atoms with Gasteiger partial charge < -0.3 is 19.2 Å². The fourth-order valence-corrected chi connectivity index (χ4v) is 3.09. The van der Waals surface area contributed by atoms with Gasteiger partial charge in [-0.15, -0.1) is 0 Å². The number of nitriles is 1. The number of benzene rings is 1. The molecule has 0 amide bonds. The molecule has 0 atom stereocenters. The number of carbonyl (C=O) groups is 1. The molecule has 0 aliphatic rings. The lowest BCUT2D eigenvalue weighted by Gasteiger charge is -2.15. The Balaban J connectivity index is 2.60. The maximum absolute atomic E-state index is 12.1. The third-order valence-corrected chi connectivity index (χ3v) is 4.52. The standard InChI is InChI=1S/C17H16BrN3O5S/c1-4-25-12-6-9(5-11(18)15(12)26-8-13(22)24-2)14-10(7-19)16(23)21-17(20-14)27-3/h5-6H,4,8H2,1-3H3,(H,20,21,23). The van der Waals surface area contributed by atoms with Crippen LogP contribution in [-0.4, -0.2) is 42.5 Å². The maximum atomic E-state index is 12.1. The number of hydrogen-bond acceptors (Lipinski definition) is 8. The second kappa shape index (κ2) is 9.43. The Morgan fingerprint density at radius 3 is 2.74 bits per heavy atom. The van der Waals surface area contributed by atoms with Crippen LogP contribution in [0.25, 0.3) is 11.3 Å².